The number of esters is 1. The van der Waals surface area contributed by atoms with Crippen molar-refractivity contribution in [3.05, 3.63) is 52.5 Å². The molecule has 0 saturated carbocycles. The Morgan fingerprint density at radius 1 is 1.12 bits per heavy atom. The van der Waals surface area contributed by atoms with Gasteiger partial charge < -0.3 is 14.0 Å². The highest BCUT2D eigenvalue weighted by Gasteiger charge is 2.21. The number of benzene rings is 2. The van der Waals surface area contributed by atoms with E-state index in [-0.39, 0.29) is 12.1 Å². The van der Waals surface area contributed by atoms with Crippen LogP contribution in [0.5, 0.6) is 5.75 Å². The van der Waals surface area contributed by atoms with Crippen LogP contribution >= 0.6 is 11.6 Å². The number of hydrogen-bond donors (Lipinski definition) is 0. The van der Waals surface area contributed by atoms with E-state index in [4.69, 9.17) is 25.6 Å². The van der Waals surface area contributed by atoms with Crippen molar-refractivity contribution in [3.8, 4) is 28.6 Å². The van der Waals surface area contributed by atoms with Gasteiger partial charge in [0.1, 0.15) is 5.75 Å². The average molecular weight is 469 g/mol. The molecule has 174 valence electrons. The van der Waals surface area contributed by atoms with E-state index in [9.17, 15) is 4.79 Å². The Morgan fingerprint density at radius 3 is 2.61 bits per heavy atom. The molecule has 0 spiro atoms. The van der Waals surface area contributed by atoms with Crippen molar-refractivity contribution in [2.45, 2.75) is 59.0 Å². The molecule has 1 unspecified atom stereocenters. The van der Waals surface area contributed by atoms with Gasteiger partial charge in [-0.3, -0.25) is 4.79 Å². The molecular formula is C26H29ClN2O4. The second kappa shape index (κ2) is 10.4. The van der Waals surface area contributed by atoms with Crippen molar-refractivity contribution >= 4 is 17.6 Å². The molecule has 1 aromatic heterocycles. The average Bonchev–Trinajstić information content (AvgIpc) is 3.19. The number of carbonyl (C=O) groups excluding carboxylic acids is 1. The fourth-order valence-corrected chi connectivity index (χ4v) is 4.43. The van der Waals surface area contributed by atoms with Crippen molar-refractivity contribution < 1.29 is 18.8 Å². The fourth-order valence-electron chi connectivity index (χ4n) is 4.21. The number of hydrogen-bond acceptors (Lipinski definition) is 6. The molecule has 0 radical (unpaired) electrons. The predicted octanol–water partition coefficient (Wildman–Crippen LogP) is 6.29. The number of ether oxygens (including phenoxy) is 2. The minimum Gasteiger partial charge on any atom is -0.489 e. The molecule has 7 heteroatoms. The maximum absolute atomic E-state index is 11.9. The summed E-state index contributed by atoms with van der Waals surface area (Å²) in [5.41, 5.74) is 4.26. The largest absolute Gasteiger partial charge is 0.489 e. The standard InChI is InChI=1S/C26H29ClN2O4/c1-4-31-24(30)13-17-5-7-18-9-10-20(14-19(18)8-6-17)25-28-26(33-29-25)21-11-12-23(22(27)15-21)32-16(2)3/h9-12,14-17H,4-8,13H2,1-3H3. The number of carbonyl (C=O) groups is 1. The number of rotatable bonds is 7. The van der Waals surface area contributed by atoms with Crippen LogP contribution in [0.4, 0.5) is 0 Å². The molecule has 0 amide bonds. The third kappa shape index (κ3) is 5.74. The monoisotopic (exact) mass is 468 g/mol. The maximum Gasteiger partial charge on any atom is 0.306 e. The maximum atomic E-state index is 11.9. The van der Waals surface area contributed by atoms with Crippen LogP contribution < -0.4 is 4.74 Å². The summed E-state index contributed by atoms with van der Waals surface area (Å²) in [6.07, 6.45) is 4.37. The highest BCUT2D eigenvalue weighted by molar-refractivity contribution is 6.32. The van der Waals surface area contributed by atoms with Crippen molar-refractivity contribution in [1.29, 1.82) is 0 Å². The van der Waals surface area contributed by atoms with Gasteiger partial charge in [0.25, 0.3) is 5.89 Å². The van der Waals surface area contributed by atoms with Gasteiger partial charge in [-0.25, -0.2) is 0 Å². The van der Waals surface area contributed by atoms with Crippen LogP contribution in [0.2, 0.25) is 5.02 Å². The van der Waals surface area contributed by atoms with Gasteiger partial charge in [0, 0.05) is 17.5 Å². The third-order valence-electron chi connectivity index (χ3n) is 5.84. The Labute approximate surface area is 199 Å². The highest BCUT2D eigenvalue weighted by Crippen LogP contribution is 2.33. The van der Waals surface area contributed by atoms with Crippen LogP contribution in [0.15, 0.2) is 40.9 Å². The first-order valence-corrected chi connectivity index (χ1v) is 11.9. The molecule has 33 heavy (non-hydrogen) atoms. The fraction of sp³-hybridized carbons (Fsp3) is 0.423. The first-order chi connectivity index (χ1) is 15.9. The van der Waals surface area contributed by atoms with Crippen LogP contribution in [0.3, 0.4) is 0 Å². The van der Waals surface area contributed by atoms with Crippen LogP contribution in [0.1, 0.15) is 51.2 Å². The lowest BCUT2D eigenvalue weighted by Gasteiger charge is -2.12. The van der Waals surface area contributed by atoms with Crippen LogP contribution in [0.25, 0.3) is 22.8 Å². The van der Waals surface area contributed by atoms with Crippen molar-refractivity contribution in [3.63, 3.8) is 0 Å². The summed E-state index contributed by atoms with van der Waals surface area (Å²) in [5.74, 6) is 1.83. The molecule has 2 aromatic carbocycles. The van der Waals surface area contributed by atoms with Gasteiger partial charge in [0.05, 0.1) is 17.7 Å². The number of halogens is 1. The number of nitrogens with zero attached hydrogens (tertiary/aromatic N) is 2. The Kier molecular flexibility index (Phi) is 7.33. The van der Waals surface area contributed by atoms with Gasteiger partial charge in [-0.2, -0.15) is 4.98 Å². The topological polar surface area (TPSA) is 74.5 Å². The van der Waals surface area contributed by atoms with Crippen LogP contribution in [0, 0.1) is 5.92 Å². The van der Waals surface area contributed by atoms with E-state index in [1.807, 2.05) is 39.0 Å². The number of fused-ring (bicyclic) bond motifs is 1. The Bertz CT molecular complexity index is 1130. The van der Waals surface area contributed by atoms with Crippen molar-refractivity contribution in [2.24, 2.45) is 5.92 Å². The third-order valence-corrected chi connectivity index (χ3v) is 6.13. The summed E-state index contributed by atoms with van der Waals surface area (Å²) >= 11 is 6.36. The zero-order valence-electron chi connectivity index (χ0n) is 19.3. The molecule has 0 fully saturated rings. The molecule has 0 aliphatic heterocycles. The quantitative estimate of drug-likeness (QED) is 0.299. The lowest BCUT2D eigenvalue weighted by molar-refractivity contribution is -0.144. The molecule has 6 nitrogen and oxygen atoms in total. The van der Waals surface area contributed by atoms with Crippen molar-refractivity contribution in [2.75, 3.05) is 6.61 Å². The second-order valence-corrected chi connectivity index (χ2v) is 9.08. The first-order valence-electron chi connectivity index (χ1n) is 11.5. The van der Waals surface area contributed by atoms with E-state index in [0.717, 1.165) is 36.8 Å². The van der Waals surface area contributed by atoms with Crippen LogP contribution in [-0.4, -0.2) is 28.8 Å². The number of aromatic nitrogens is 2. The van der Waals surface area contributed by atoms with E-state index in [1.165, 1.54) is 11.1 Å². The normalized spacial score (nSPS) is 15.7. The van der Waals surface area contributed by atoms with E-state index < -0.39 is 0 Å². The molecule has 1 aliphatic rings. The summed E-state index contributed by atoms with van der Waals surface area (Å²) in [4.78, 5) is 16.5. The van der Waals surface area contributed by atoms with E-state index in [0.29, 0.717) is 41.4 Å². The molecule has 0 N–H and O–H groups in total. The van der Waals surface area contributed by atoms with Crippen molar-refractivity contribution in [1.82, 2.24) is 10.1 Å². The van der Waals surface area contributed by atoms with Gasteiger partial charge in [-0.05, 0) is 87.8 Å². The van der Waals surface area contributed by atoms with E-state index in [1.54, 1.807) is 6.07 Å². The predicted molar refractivity (Wildman–Crippen MR) is 127 cm³/mol. The Balaban J connectivity index is 1.48. The summed E-state index contributed by atoms with van der Waals surface area (Å²) in [7, 11) is 0. The molecule has 1 atom stereocenters. The molecular weight excluding hydrogens is 440 g/mol. The minimum atomic E-state index is -0.0997. The molecule has 1 heterocycles. The molecule has 3 aromatic rings. The second-order valence-electron chi connectivity index (χ2n) is 8.67. The lowest BCUT2D eigenvalue weighted by atomic mass is 9.96. The van der Waals surface area contributed by atoms with Gasteiger partial charge in [-0.1, -0.05) is 28.9 Å². The van der Waals surface area contributed by atoms with Gasteiger partial charge in [0.2, 0.25) is 5.82 Å². The zero-order chi connectivity index (χ0) is 23.4. The van der Waals surface area contributed by atoms with Gasteiger partial charge in [0.15, 0.2) is 0 Å². The smallest absolute Gasteiger partial charge is 0.306 e. The summed E-state index contributed by atoms with van der Waals surface area (Å²) in [6, 6.07) is 11.8. The zero-order valence-corrected chi connectivity index (χ0v) is 20.0. The van der Waals surface area contributed by atoms with Gasteiger partial charge in [-0.15, -0.1) is 0 Å². The molecule has 4 rings (SSSR count). The lowest BCUT2D eigenvalue weighted by Crippen LogP contribution is -2.12. The summed E-state index contributed by atoms with van der Waals surface area (Å²) < 4.78 is 16.3. The van der Waals surface area contributed by atoms with E-state index in [2.05, 4.69) is 22.3 Å². The minimum absolute atomic E-state index is 0.0389. The highest BCUT2D eigenvalue weighted by atomic mass is 35.5. The Hall–Kier alpha value is -2.86. The Morgan fingerprint density at radius 2 is 1.88 bits per heavy atom. The molecule has 0 bridgehead atoms. The number of aryl methyl sites for hydroxylation is 2. The van der Waals surface area contributed by atoms with Gasteiger partial charge >= 0.3 is 5.97 Å². The molecule has 0 saturated heterocycles. The summed E-state index contributed by atoms with van der Waals surface area (Å²) in [5, 5.41) is 4.69. The summed E-state index contributed by atoms with van der Waals surface area (Å²) in [6.45, 7) is 6.19. The molecule has 1 aliphatic carbocycles. The first kappa shape index (κ1) is 23.3. The van der Waals surface area contributed by atoms with E-state index >= 15 is 0 Å². The SMILES string of the molecule is CCOC(=O)CC1CCc2ccc(-c3noc(-c4ccc(OC(C)C)c(Cl)c4)n3)cc2CC1. The van der Waals surface area contributed by atoms with Crippen LogP contribution in [-0.2, 0) is 22.4 Å².